The van der Waals surface area contributed by atoms with Gasteiger partial charge in [-0.3, -0.25) is 0 Å². The van der Waals surface area contributed by atoms with Crippen molar-refractivity contribution in [3.05, 3.63) is 0 Å². The average molecular weight is 194 g/mol. The number of hydrogen-bond acceptors (Lipinski definition) is 3. The quantitative estimate of drug-likeness (QED) is 0.358. The molecule has 0 aliphatic heterocycles. The third-order valence-corrected chi connectivity index (χ3v) is 0. The topological polar surface area (TPSA) is 90.0 Å². The number of hydrogen-bond donors (Lipinski definition) is 0. The Morgan fingerprint density at radius 2 is 0.429 bits per heavy atom. The fraction of sp³-hybridized carbons (Fsp3) is 0. The van der Waals surface area contributed by atoms with Gasteiger partial charge in [0.15, 0.2) is 0 Å². The maximum Gasteiger partial charge on any atom is 1.00 e. The Balaban J connectivity index is 0. The maximum absolute atomic E-state index is 0. The van der Waals surface area contributed by atoms with Gasteiger partial charge in [-0.15, -0.1) is 0 Å². The summed E-state index contributed by atoms with van der Waals surface area (Å²) in [6.45, 7) is 0. The molecule has 0 aromatic carbocycles. The van der Waals surface area contributed by atoms with Crippen LogP contribution < -0.4 is 56.6 Å². The summed E-state index contributed by atoms with van der Waals surface area (Å²) in [4.78, 5) is 0. The smallest absolute Gasteiger partial charge is 0.870 e. The second kappa shape index (κ2) is 76.8. The SMILES string of the molecule is [Li+].[Li+].[Li+].[OH-].[OH-].[OH-].[Sb]. The Morgan fingerprint density at radius 1 is 0.429 bits per heavy atom. The van der Waals surface area contributed by atoms with Gasteiger partial charge in [-0.1, -0.05) is 0 Å². The van der Waals surface area contributed by atoms with Crippen molar-refractivity contribution in [3.8, 4) is 0 Å². The predicted molar refractivity (Wildman–Crippen MR) is 11.6 cm³/mol. The van der Waals surface area contributed by atoms with Crippen molar-refractivity contribution < 1.29 is 73.0 Å². The molecule has 0 aliphatic carbocycles. The van der Waals surface area contributed by atoms with Crippen molar-refractivity contribution in [3.63, 3.8) is 0 Å². The zero-order valence-electron chi connectivity index (χ0n) is 4.79. The Kier molecular flexibility index (Phi) is 1210. The van der Waals surface area contributed by atoms with E-state index in [1.165, 1.54) is 0 Å². The van der Waals surface area contributed by atoms with Gasteiger partial charge < -0.3 is 16.4 Å². The minimum absolute atomic E-state index is 0. The summed E-state index contributed by atoms with van der Waals surface area (Å²) in [5.41, 5.74) is 0. The molecular weight excluding hydrogens is 191 g/mol. The molecule has 0 spiro atoms. The summed E-state index contributed by atoms with van der Waals surface area (Å²) in [5, 5.41) is 0. The van der Waals surface area contributed by atoms with E-state index in [2.05, 4.69) is 0 Å². The van der Waals surface area contributed by atoms with Crippen LogP contribution in [-0.2, 0) is 0 Å². The second-order valence-electron chi connectivity index (χ2n) is 0. The molecule has 0 aromatic heterocycles. The van der Waals surface area contributed by atoms with Crippen molar-refractivity contribution in [2.45, 2.75) is 0 Å². The largest absolute Gasteiger partial charge is 1.00 e. The summed E-state index contributed by atoms with van der Waals surface area (Å²) in [7, 11) is 0. The van der Waals surface area contributed by atoms with Crippen LogP contribution in [0.15, 0.2) is 0 Å². The molecule has 7 heteroatoms. The third kappa shape index (κ3) is 57.7. The molecule has 0 saturated carbocycles. The second-order valence-corrected chi connectivity index (χ2v) is 0. The summed E-state index contributed by atoms with van der Waals surface area (Å²) in [6.07, 6.45) is 0. The molecule has 0 unspecified atom stereocenters. The fourth-order valence-electron chi connectivity index (χ4n) is 0. The van der Waals surface area contributed by atoms with E-state index < -0.39 is 0 Å². The van der Waals surface area contributed by atoms with Gasteiger partial charge in [-0.05, 0) is 0 Å². The van der Waals surface area contributed by atoms with Crippen molar-refractivity contribution in [1.82, 2.24) is 0 Å². The van der Waals surface area contributed by atoms with Crippen LogP contribution in [-0.4, -0.2) is 40.9 Å². The van der Waals surface area contributed by atoms with Gasteiger partial charge in [-0.2, -0.15) is 0 Å². The van der Waals surface area contributed by atoms with E-state index in [1.807, 2.05) is 0 Å². The summed E-state index contributed by atoms with van der Waals surface area (Å²) < 4.78 is 0. The van der Waals surface area contributed by atoms with E-state index in [0.717, 1.165) is 0 Å². The van der Waals surface area contributed by atoms with Crippen LogP contribution in [0.1, 0.15) is 0 Å². The van der Waals surface area contributed by atoms with Gasteiger partial charge in [0.1, 0.15) is 0 Å². The molecule has 0 fully saturated rings. The Hall–Kier alpha value is 2.49. The molecule has 3 nitrogen and oxygen atoms in total. The van der Waals surface area contributed by atoms with Crippen molar-refractivity contribution >= 4 is 24.4 Å². The normalized spacial score (nSPS) is 0. The van der Waals surface area contributed by atoms with E-state index in [9.17, 15) is 0 Å². The molecule has 0 amide bonds. The third-order valence-electron chi connectivity index (χ3n) is 0. The first-order valence-electron chi connectivity index (χ1n) is 0. The molecule has 29 valence electrons. The molecule has 0 bridgehead atoms. The van der Waals surface area contributed by atoms with E-state index in [1.54, 1.807) is 0 Å². The van der Waals surface area contributed by atoms with Crippen LogP contribution >= 0.6 is 0 Å². The van der Waals surface area contributed by atoms with E-state index >= 15 is 0 Å². The van der Waals surface area contributed by atoms with Crippen LogP contribution in [0.2, 0.25) is 0 Å². The standard InChI is InChI=1S/3Li.3H2O.Sb/h;;;3*1H2;/q3*+1;;;;/p-3. The molecule has 0 heterocycles. The van der Waals surface area contributed by atoms with Gasteiger partial charge >= 0.3 is 56.6 Å². The molecule has 0 aromatic rings. The molecular formula is H3Li3O3Sb. The van der Waals surface area contributed by atoms with Crippen LogP contribution in [0, 0.1) is 0 Å². The van der Waals surface area contributed by atoms with Crippen molar-refractivity contribution in [2.75, 3.05) is 0 Å². The Morgan fingerprint density at radius 3 is 0.429 bits per heavy atom. The van der Waals surface area contributed by atoms with E-state index in [-0.39, 0.29) is 97.4 Å². The molecule has 3 radical (unpaired) electrons. The zero-order valence-corrected chi connectivity index (χ0v) is 7.34. The first-order valence-corrected chi connectivity index (χ1v) is 0. The molecule has 0 atom stereocenters. The summed E-state index contributed by atoms with van der Waals surface area (Å²) >= 11 is 0. The summed E-state index contributed by atoms with van der Waals surface area (Å²) in [5.74, 6) is 0. The predicted octanol–water partition coefficient (Wildman–Crippen LogP) is -9.90. The first-order chi connectivity index (χ1) is 0. The van der Waals surface area contributed by atoms with Crippen LogP contribution in [0.3, 0.4) is 0 Å². The molecule has 0 saturated heterocycles. The first kappa shape index (κ1) is 110. The molecule has 3 N–H and O–H groups in total. The van der Waals surface area contributed by atoms with Crippen LogP contribution in [0.5, 0.6) is 0 Å². The van der Waals surface area contributed by atoms with E-state index in [4.69, 9.17) is 0 Å². The van der Waals surface area contributed by atoms with Gasteiger partial charge in [0.2, 0.25) is 0 Å². The van der Waals surface area contributed by atoms with Gasteiger partial charge in [0, 0.05) is 24.4 Å². The molecule has 0 aliphatic rings. The fourth-order valence-corrected chi connectivity index (χ4v) is 0. The van der Waals surface area contributed by atoms with Crippen LogP contribution in [0.4, 0.5) is 0 Å². The molecule has 7 heavy (non-hydrogen) atoms. The maximum atomic E-state index is 0. The summed E-state index contributed by atoms with van der Waals surface area (Å²) in [6, 6.07) is 0. The van der Waals surface area contributed by atoms with E-state index in [0.29, 0.717) is 0 Å². The Bertz CT molecular complexity index is 10.1. The number of rotatable bonds is 0. The van der Waals surface area contributed by atoms with Crippen molar-refractivity contribution in [2.24, 2.45) is 0 Å². The van der Waals surface area contributed by atoms with Crippen molar-refractivity contribution in [1.29, 1.82) is 0 Å². The minimum Gasteiger partial charge on any atom is -0.870 e. The monoisotopic (exact) mass is 193 g/mol. The minimum atomic E-state index is 0. The van der Waals surface area contributed by atoms with Gasteiger partial charge in [0.05, 0.1) is 0 Å². The van der Waals surface area contributed by atoms with Gasteiger partial charge in [0.25, 0.3) is 0 Å². The Labute approximate surface area is 96.3 Å². The van der Waals surface area contributed by atoms with Crippen LogP contribution in [0.25, 0.3) is 0 Å². The molecule has 0 rings (SSSR count). The van der Waals surface area contributed by atoms with Gasteiger partial charge in [-0.25, -0.2) is 0 Å². The zero-order chi connectivity index (χ0) is 0. The average Bonchev–Trinajstić information content (AvgIpc) is 0.